The number of amides is 2. The van der Waals surface area contributed by atoms with Crippen molar-refractivity contribution in [1.29, 1.82) is 0 Å². The predicted molar refractivity (Wildman–Crippen MR) is 107 cm³/mol. The van der Waals surface area contributed by atoms with Gasteiger partial charge in [-0.25, -0.2) is 0 Å². The van der Waals surface area contributed by atoms with E-state index < -0.39 is 0 Å². The van der Waals surface area contributed by atoms with Crippen LogP contribution >= 0.6 is 23.2 Å². The van der Waals surface area contributed by atoms with Crippen molar-refractivity contribution < 1.29 is 9.59 Å². The number of aryl methyl sites for hydroxylation is 1. The molecular formula is C19H21Cl2N3O2. The highest BCUT2D eigenvalue weighted by Gasteiger charge is 2.07. The molecule has 2 amide bonds. The minimum atomic E-state index is -0.227. The van der Waals surface area contributed by atoms with E-state index in [9.17, 15) is 9.59 Å². The molecule has 0 aliphatic rings. The van der Waals surface area contributed by atoms with Gasteiger partial charge in [-0.15, -0.1) is 0 Å². The molecule has 5 nitrogen and oxygen atoms in total. The van der Waals surface area contributed by atoms with Crippen molar-refractivity contribution in [2.45, 2.75) is 12.8 Å². The number of rotatable bonds is 7. The summed E-state index contributed by atoms with van der Waals surface area (Å²) in [4.78, 5) is 25.2. The number of benzene rings is 2. The lowest BCUT2D eigenvalue weighted by molar-refractivity contribution is -0.128. The lowest BCUT2D eigenvalue weighted by atomic mass is 10.1. The Balaban J connectivity index is 1.82. The Morgan fingerprint density at radius 2 is 1.73 bits per heavy atom. The number of carbonyl (C=O) groups is 2. The largest absolute Gasteiger partial charge is 0.376 e. The third kappa shape index (κ3) is 6.24. The van der Waals surface area contributed by atoms with Crippen LogP contribution in [0.3, 0.4) is 0 Å². The molecule has 0 unspecified atom stereocenters. The number of anilines is 2. The van der Waals surface area contributed by atoms with E-state index in [4.69, 9.17) is 23.2 Å². The fourth-order valence-electron chi connectivity index (χ4n) is 2.23. The van der Waals surface area contributed by atoms with Crippen molar-refractivity contribution in [2.24, 2.45) is 0 Å². The first-order valence-corrected chi connectivity index (χ1v) is 8.88. The van der Waals surface area contributed by atoms with Crippen LogP contribution in [-0.2, 0) is 16.0 Å². The van der Waals surface area contributed by atoms with E-state index in [-0.39, 0.29) is 18.4 Å². The Bertz CT molecular complexity index is 777. The molecule has 0 fully saturated rings. The first kappa shape index (κ1) is 20.1. The average Bonchev–Trinajstić information content (AvgIpc) is 2.61. The first-order chi connectivity index (χ1) is 12.3. The standard InChI is InChI=1S/C19H21Cl2N3O2/c1-24(2)19(26)10-5-13-3-7-15(8-4-13)22-12-18(25)23-17-11-14(20)6-9-16(17)21/h3-4,6-9,11,22H,5,10,12H2,1-2H3,(H,23,25). The molecule has 0 radical (unpaired) electrons. The molecule has 138 valence electrons. The van der Waals surface area contributed by atoms with Gasteiger partial charge in [0.05, 0.1) is 17.3 Å². The van der Waals surface area contributed by atoms with Gasteiger partial charge in [0.1, 0.15) is 0 Å². The van der Waals surface area contributed by atoms with Crippen LogP contribution in [0.15, 0.2) is 42.5 Å². The highest BCUT2D eigenvalue weighted by molar-refractivity contribution is 6.35. The van der Waals surface area contributed by atoms with Crippen molar-refractivity contribution in [3.63, 3.8) is 0 Å². The second kappa shape index (κ2) is 9.46. The van der Waals surface area contributed by atoms with Gasteiger partial charge in [-0.05, 0) is 42.3 Å². The Hall–Kier alpha value is -2.24. The van der Waals surface area contributed by atoms with Crippen LogP contribution in [-0.4, -0.2) is 37.4 Å². The highest BCUT2D eigenvalue weighted by Crippen LogP contribution is 2.25. The Morgan fingerprint density at radius 1 is 1.04 bits per heavy atom. The van der Waals surface area contributed by atoms with Crippen LogP contribution < -0.4 is 10.6 Å². The van der Waals surface area contributed by atoms with Crippen LogP contribution in [0.1, 0.15) is 12.0 Å². The van der Waals surface area contributed by atoms with Gasteiger partial charge < -0.3 is 15.5 Å². The number of hydrogen-bond donors (Lipinski definition) is 2. The van der Waals surface area contributed by atoms with Crippen LogP contribution in [0, 0.1) is 0 Å². The molecule has 26 heavy (non-hydrogen) atoms. The van der Waals surface area contributed by atoms with Crippen LogP contribution in [0.4, 0.5) is 11.4 Å². The minimum absolute atomic E-state index is 0.0985. The van der Waals surface area contributed by atoms with Crippen molar-refractivity contribution in [3.8, 4) is 0 Å². The Morgan fingerprint density at radius 3 is 2.38 bits per heavy atom. The molecule has 0 spiro atoms. The normalized spacial score (nSPS) is 10.3. The number of nitrogens with one attached hydrogen (secondary N) is 2. The second-order valence-electron chi connectivity index (χ2n) is 6.01. The molecule has 2 rings (SSSR count). The number of carbonyl (C=O) groups excluding carboxylic acids is 2. The van der Waals surface area contributed by atoms with Crippen molar-refractivity contribution in [1.82, 2.24) is 4.90 Å². The molecular weight excluding hydrogens is 373 g/mol. The number of hydrogen-bond acceptors (Lipinski definition) is 3. The smallest absolute Gasteiger partial charge is 0.243 e. The lowest BCUT2D eigenvalue weighted by Crippen LogP contribution is -2.22. The molecule has 0 saturated heterocycles. The second-order valence-corrected chi connectivity index (χ2v) is 6.85. The summed E-state index contributed by atoms with van der Waals surface area (Å²) in [6, 6.07) is 12.5. The van der Waals surface area contributed by atoms with E-state index in [1.165, 1.54) is 0 Å². The van der Waals surface area contributed by atoms with Crippen molar-refractivity contribution >= 4 is 46.4 Å². The highest BCUT2D eigenvalue weighted by atomic mass is 35.5. The molecule has 0 saturated carbocycles. The maximum Gasteiger partial charge on any atom is 0.243 e. The zero-order valence-corrected chi connectivity index (χ0v) is 16.2. The molecule has 2 aromatic carbocycles. The first-order valence-electron chi connectivity index (χ1n) is 8.13. The molecule has 2 aromatic rings. The van der Waals surface area contributed by atoms with Gasteiger partial charge in [0, 0.05) is 31.2 Å². The Labute approximate surface area is 163 Å². The molecule has 0 atom stereocenters. The lowest BCUT2D eigenvalue weighted by Gasteiger charge is -2.11. The van der Waals surface area contributed by atoms with Gasteiger partial charge >= 0.3 is 0 Å². The van der Waals surface area contributed by atoms with Gasteiger partial charge in [0.15, 0.2) is 0 Å². The van der Waals surface area contributed by atoms with Gasteiger partial charge in [-0.2, -0.15) is 0 Å². The molecule has 0 bridgehead atoms. The number of halogens is 2. The van der Waals surface area contributed by atoms with E-state index in [1.807, 2.05) is 24.3 Å². The summed E-state index contributed by atoms with van der Waals surface area (Å²) in [6.07, 6.45) is 1.16. The summed E-state index contributed by atoms with van der Waals surface area (Å²) in [5.74, 6) is -0.127. The maximum atomic E-state index is 12.0. The van der Waals surface area contributed by atoms with Crippen molar-refractivity contribution in [3.05, 3.63) is 58.1 Å². The monoisotopic (exact) mass is 393 g/mol. The third-order valence-electron chi connectivity index (χ3n) is 3.74. The zero-order chi connectivity index (χ0) is 19.1. The molecule has 0 heterocycles. The molecule has 0 aliphatic heterocycles. The maximum absolute atomic E-state index is 12.0. The summed E-state index contributed by atoms with van der Waals surface area (Å²) in [5, 5.41) is 6.69. The zero-order valence-electron chi connectivity index (χ0n) is 14.7. The van der Waals surface area contributed by atoms with Gasteiger partial charge in [-0.3, -0.25) is 9.59 Å². The third-order valence-corrected chi connectivity index (χ3v) is 4.30. The van der Waals surface area contributed by atoms with Crippen LogP contribution in [0.25, 0.3) is 0 Å². The topological polar surface area (TPSA) is 61.4 Å². The van der Waals surface area contributed by atoms with Crippen molar-refractivity contribution in [2.75, 3.05) is 31.3 Å². The van der Waals surface area contributed by atoms with E-state index >= 15 is 0 Å². The molecule has 7 heteroatoms. The summed E-state index contributed by atoms with van der Waals surface area (Å²) in [5.41, 5.74) is 2.37. The predicted octanol–water partition coefficient (Wildman–Crippen LogP) is 4.06. The van der Waals surface area contributed by atoms with E-state index in [0.29, 0.717) is 28.6 Å². The van der Waals surface area contributed by atoms with E-state index in [0.717, 1.165) is 11.3 Å². The Kier molecular flexibility index (Phi) is 7.30. The quantitative estimate of drug-likeness (QED) is 0.745. The van der Waals surface area contributed by atoms with Gasteiger partial charge in [0.2, 0.25) is 11.8 Å². The fraction of sp³-hybridized carbons (Fsp3) is 0.263. The summed E-state index contributed by atoms with van der Waals surface area (Å²) in [6.45, 7) is 0.0985. The molecule has 2 N–H and O–H groups in total. The van der Waals surface area contributed by atoms with E-state index in [2.05, 4.69) is 10.6 Å². The van der Waals surface area contributed by atoms with Crippen LogP contribution in [0.2, 0.25) is 10.0 Å². The summed E-state index contributed by atoms with van der Waals surface area (Å²) in [7, 11) is 3.49. The minimum Gasteiger partial charge on any atom is -0.376 e. The molecule has 0 aromatic heterocycles. The average molecular weight is 394 g/mol. The summed E-state index contributed by atoms with van der Waals surface area (Å²) < 4.78 is 0. The van der Waals surface area contributed by atoms with Crippen LogP contribution in [0.5, 0.6) is 0 Å². The van der Waals surface area contributed by atoms with E-state index in [1.54, 1.807) is 37.2 Å². The SMILES string of the molecule is CN(C)C(=O)CCc1ccc(NCC(=O)Nc2cc(Cl)ccc2Cl)cc1. The summed E-state index contributed by atoms with van der Waals surface area (Å²) >= 11 is 11.9. The van der Waals surface area contributed by atoms with Gasteiger partial charge in [0.25, 0.3) is 0 Å². The van der Waals surface area contributed by atoms with Gasteiger partial charge in [-0.1, -0.05) is 35.3 Å². The molecule has 0 aliphatic carbocycles. The fourth-order valence-corrected chi connectivity index (χ4v) is 2.57. The number of nitrogens with zero attached hydrogens (tertiary/aromatic N) is 1.